The second kappa shape index (κ2) is 10.5. The van der Waals surface area contributed by atoms with Crippen molar-refractivity contribution in [2.45, 2.75) is 59.3 Å². The number of nitrogens with one attached hydrogen (secondary N) is 1. The van der Waals surface area contributed by atoms with Crippen molar-refractivity contribution in [3.05, 3.63) is 41.6 Å². The number of unbranched alkanes of at least 4 members (excludes halogenated alkanes) is 2. The van der Waals surface area contributed by atoms with Crippen LogP contribution in [0.3, 0.4) is 0 Å². The summed E-state index contributed by atoms with van der Waals surface area (Å²) >= 11 is 0. The highest BCUT2D eigenvalue weighted by molar-refractivity contribution is 5.94. The number of anilines is 1. The molecule has 0 radical (unpaired) electrons. The quantitative estimate of drug-likeness (QED) is 0.627. The van der Waals surface area contributed by atoms with E-state index in [1.807, 2.05) is 37.3 Å². The van der Waals surface area contributed by atoms with Gasteiger partial charge in [-0.15, -0.1) is 0 Å². The van der Waals surface area contributed by atoms with Gasteiger partial charge in [0.05, 0.1) is 11.4 Å². The number of carbonyl (C=O) groups excluding carboxylic acids is 2. The fourth-order valence-corrected chi connectivity index (χ4v) is 3.25. The van der Waals surface area contributed by atoms with E-state index in [9.17, 15) is 9.59 Å². The Morgan fingerprint density at radius 2 is 1.81 bits per heavy atom. The standard InChI is InChI=1S/C24H37N5O2/c1-8-9-12-15-28(23(31)27(6)7)17-22(30)25-21-16-20(24(3,4)5)26-29(21)19-14-11-10-13-18(19)2/h10-11,13-14,16H,8-9,12,15,17H2,1-7H3,(H,25,30). The van der Waals surface area contributed by atoms with Crippen LogP contribution in [0, 0.1) is 6.92 Å². The molecule has 2 rings (SSSR count). The molecular formula is C24H37N5O2. The lowest BCUT2D eigenvalue weighted by Crippen LogP contribution is -2.44. The lowest BCUT2D eigenvalue weighted by Gasteiger charge is -2.25. The first-order chi connectivity index (χ1) is 14.5. The highest BCUT2D eigenvalue weighted by Crippen LogP contribution is 2.27. The van der Waals surface area contributed by atoms with Crippen LogP contribution >= 0.6 is 0 Å². The molecule has 0 aliphatic carbocycles. The second-order valence-corrected chi connectivity index (χ2v) is 9.22. The van der Waals surface area contributed by atoms with Crippen molar-refractivity contribution < 1.29 is 9.59 Å². The summed E-state index contributed by atoms with van der Waals surface area (Å²) in [6.07, 6.45) is 2.95. The fraction of sp³-hybridized carbons (Fsp3) is 0.542. The van der Waals surface area contributed by atoms with Gasteiger partial charge in [0.1, 0.15) is 12.4 Å². The van der Waals surface area contributed by atoms with Crippen LogP contribution in [0.5, 0.6) is 0 Å². The maximum atomic E-state index is 12.9. The number of aromatic nitrogens is 2. The Kier molecular flexibility index (Phi) is 8.25. The van der Waals surface area contributed by atoms with Gasteiger partial charge in [-0.25, -0.2) is 9.48 Å². The summed E-state index contributed by atoms with van der Waals surface area (Å²) < 4.78 is 1.78. The summed E-state index contributed by atoms with van der Waals surface area (Å²) in [5, 5.41) is 7.77. The van der Waals surface area contributed by atoms with Crippen LogP contribution in [0.2, 0.25) is 0 Å². The Hall–Kier alpha value is -2.83. The zero-order chi connectivity index (χ0) is 23.2. The number of amides is 3. The van der Waals surface area contributed by atoms with Gasteiger partial charge in [-0.3, -0.25) is 4.79 Å². The topological polar surface area (TPSA) is 70.5 Å². The minimum Gasteiger partial charge on any atom is -0.331 e. The van der Waals surface area contributed by atoms with Crippen molar-refractivity contribution in [3.8, 4) is 5.69 Å². The van der Waals surface area contributed by atoms with E-state index in [2.05, 4.69) is 33.0 Å². The number of urea groups is 1. The van der Waals surface area contributed by atoms with Crippen LogP contribution in [-0.4, -0.2) is 58.7 Å². The molecule has 7 nitrogen and oxygen atoms in total. The summed E-state index contributed by atoms with van der Waals surface area (Å²) in [5.41, 5.74) is 2.69. The predicted octanol–water partition coefficient (Wildman–Crippen LogP) is 4.59. The first kappa shape index (κ1) is 24.4. The summed E-state index contributed by atoms with van der Waals surface area (Å²) in [5.74, 6) is 0.372. The molecule has 0 fully saturated rings. The SMILES string of the molecule is CCCCCN(CC(=O)Nc1cc(C(C)(C)C)nn1-c1ccccc1C)C(=O)N(C)C. The van der Waals surface area contributed by atoms with Gasteiger partial charge in [-0.05, 0) is 25.0 Å². The molecule has 0 saturated carbocycles. The molecule has 0 unspecified atom stereocenters. The molecule has 2 aromatic rings. The third-order valence-corrected chi connectivity index (χ3v) is 5.11. The number of hydrogen-bond donors (Lipinski definition) is 1. The molecule has 0 atom stereocenters. The van der Waals surface area contributed by atoms with Crippen molar-refractivity contribution >= 4 is 17.8 Å². The van der Waals surface area contributed by atoms with Gasteiger partial charge in [0, 0.05) is 32.1 Å². The largest absolute Gasteiger partial charge is 0.331 e. The maximum absolute atomic E-state index is 12.9. The molecule has 7 heteroatoms. The summed E-state index contributed by atoms with van der Waals surface area (Å²) in [6, 6.07) is 9.69. The van der Waals surface area contributed by atoms with E-state index in [-0.39, 0.29) is 23.9 Å². The maximum Gasteiger partial charge on any atom is 0.319 e. The van der Waals surface area contributed by atoms with E-state index in [0.717, 1.165) is 36.2 Å². The first-order valence-electron chi connectivity index (χ1n) is 11.0. The molecule has 1 aromatic carbocycles. The van der Waals surface area contributed by atoms with E-state index in [4.69, 9.17) is 5.10 Å². The van der Waals surface area contributed by atoms with Gasteiger partial charge in [-0.2, -0.15) is 5.10 Å². The molecule has 0 aliphatic heterocycles. The molecule has 0 saturated heterocycles. The normalized spacial score (nSPS) is 11.3. The molecule has 0 spiro atoms. The first-order valence-corrected chi connectivity index (χ1v) is 11.0. The number of benzene rings is 1. The smallest absolute Gasteiger partial charge is 0.319 e. The minimum atomic E-state index is -0.234. The second-order valence-electron chi connectivity index (χ2n) is 9.22. The van der Waals surface area contributed by atoms with Gasteiger partial charge in [0.25, 0.3) is 0 Å². The summed E-state index contributed by atoms with van der Waals surface area (Å²) in [6.45, 7) is 11.0. The van der Waals surface area contributed by atoms with Crippen molar-refractivity contribution in [3.63, 3.8) is 0 Å². The monoisotopic (exact) mass is 427 g/mol. The Labute approximate surface area is 186 Å². The molecule has 31 heavy (non-hydrogen) atoms. The fourth-order valence-electron chi connectivity index (χ4n) is 3.25. The molecule has 0 aliphatic rings. The van der Waals surface area contributed by atoms with Crippen LogP contribution in [0.15, 0.2) is 30.3 Å². The van der Waals surface area contributed by atoms with Crippen molar-refractivity contribution in [1.82, 2.24) is 19.6 Å². The zero-order valence-corrected chi connectivity index (χ0v) is 20.0. The van der Waals surface area contributed by atoms with Crippen molar-refractivity contribution in [2.24, 2.45) is 0 Å². The van der Waals surface area contributed by atoms with Crippen LogP contribution in [0.4, 0.5) is 10.6 Å². The van der Waals surface area contributed by atoms with Gasteiger partial charge in [-0.1, -0.05) is 58.7 Å². The average molecular weight is 428 g/mol. The summed E-state index contributed by atoms with van der Waals surface area (Å²) in [4.78, 5) is 28.6. The van der Waals surface area contributed by atoms with E-state index in [0.29, 0.717) is 12.4 Å². The number of nitrogens with zero attached hydrogens (tertiary/aromatic N) is 4. The number of para-hydroxylation sites is 1. The molecule has 1 aromatic heterocycles. The van der Waals surface area contributed by atoms with Gasteiger partial charge >= 0.3 is 6.03 Å². The predicted molar refractivity (Wildman–Crippen MR) is 126 cm³/mol. The Bertz CT molecular complexity index is 896. The average Bonchev–Trinajstić information content (AvgIpc) is 3.11. The third kappa shape index (κ3) is 6.57. The highest BCUT2D eigenvalue weighted by Gasteiger charge is 2.23. The van der Waals surface area contributed by atoms with Crippen LogP contribution in [0.1, 0.15) is 58.2 Å². The molecule has 170 valence electrons. The molecular weight excluding hydrogens is 390 g/mol. The molecule has 1 N–H and O–H groups in total. The number of carbonyl (C=O) groups is 2. The molecule has 3 amide bonds. The molecule has 1 heterocycles. The van der Waals surface area contributed by atoms with E-state index >= 15 is 0 Å². The minimum absolute atomic E-state index is 0.00449. The van der Waals surface area contributed by atoms with Crippen LogP contribution < -0.4 is 5.32 Å². The van der Waals surface area contributed by atoms with E-state index < -0.39 is 0 Å². The lowest BCUT2D eigenvalue weighted by molar-refractivity contribution is -0.116. The Morgan fingerprint density at radius 1 is 1.13 bits per heavy atom. The van der Waals surface area contributed by atoms with Crippen molar-refractivity contribution in [1.29, 1.82) is 0 Å². The third-order valence-electron chi connectivity index (χ3n) is 5.11. The van der Waals surface area contributed by atoms with Gasteiger partial charge in [0.15, 0.2) is 0 Å². The van der Waals surface area contributed by atoms with E-state index in [1.165, 1.54) is 4.90 Å². The van der Waals surface area contributed by atoms with Gasteiger partial charge < -0.3 is 15.1 Å². The summed E-state index contributed by atoms with van der Waals surface area (Å²) in [7, 11) is 3.41. The number of hydrogen-bond acceptors (Lipinski definition) is 3. The zero-order valence-electron chi connectivity index (χ0n) is 20.0. The van der Waals surface area contributed by atoms with Crippen molar-refractivity contribution in [2.75, 3.05) is 32.5 Å². The Morgan fingerprint density at radius 3 is 2.39 bits per heavy atom. The lowest BCUT2D eigenvalue weighted by atomic mass is 9.92. The van der Waals surface area contributed by atoms with E-state index in [1.54, 1.807) is 23.7 Å². The van der Waals surface area contributed by atoms with Crippen LogP contribution in [0.25, 0.3) is 5.69 Å². The molecule has 0 bridgehead atoms. The number of aryl methyl sites for hydroxylation is 1. The highest BCUT2D eigenvalue weighted by atomic mass is 16.2. The Balaban J connectivity index is 2.29. The van der Waals surface area contributed by atoms with Crippen LogP contribution in [-0.2, 0) is 10.2 Å². The number of rotatable bonds is 8. The van der Waals surface area contributed by atoms with Gasteiger partial charge in [0.2, 0.25) is 5.91 Å².